The Morgan fingerprint density at radius 2 is 1.88 bits per heavy atom. The highest BCUT2D eigenvalue weighted by atomic mass is 16.5. The lowest BCUT2D eigenvalue weighted by Crippen LogP contribution is -2.06. The van der Waals surface area contributed by atoms with E-state index in [1.807, 2.05) is 25.3 Å². The van der Waals surface area contributed by atoms with E-state index in [-0.39, 0.29) is 0 Å². The Labute approximate surface area is 159 Å². The van der Waals surface area contributed by atoms with Crippen LogP contribution in [0.5, 0.6) is 5.75 Å². The third-order valence-electron chi connectivity index (χ3n) is 4.62. The number of anilines is 1. The molecule has 0 aliphatic carbocycles. The zero-order valence-electron chi connectivity index (χ0n) is 17.7. The first kappa shape index (κ1) is 21.8. The van der Waals surface area contributed by atoms with E-state index < -0.39 is 0 Å². The molecule has 0 amide bonds. The fourth-order valence-corrected chi connectivity index (χ4v) is 2.74. The lowest BCUT2D eigenvalue weighted by Gasteiger charge is -2.19. The minimum Gasteiger partial charge on any atom is -0.496 e. The zero-order valence-corrected chi connectivity index (χ0v) is 17.7. The topological polar surface area (TPSA) is 33.6 Å². The van der Waals surface area contributed by atoms with Crippen LogP contribution in [0.25, 0.3) is 0 Å². The summed E-state index contributed by atoms with van der Waals surface area (Å²) in [5.41, 5.74) is 7.91. The van der Waals surface area contributed by atoms with Crippen molar-refractivity contribution in [1.82, 2.24) is 0 Å². The van der Waals surface area contributed by atoms with Gasteiger partial charge in [-0.15, -0.1) is 0 Å². The number of benzene rings is 1. The molecule has 0 atom stereocenters. The average molecular weight is 355 g/mol. The van der Waals surface area contributed by atoms with Gasteiger partial charge in [0.1, 0.15) is 5.75 Å². The van der Waals surface area contributed by atoms with Gasteiger partial charge >= 0.3 is 0 Å². The van der Waals surface area contributed by atoms with Crippen molar-refractivity contribution in [3.05, 3.63) is 58.0 Å². The van der Waals surface area contributed by atoms with E-state index >= 15 is 0 Å². The van der Waals surface area contributed by atoms with E-state index in [9.17, 15) is 0 Å². The van der Waals surface area contributed by atoms with Gasteiger partial charge in [-0.2, -0.15) is 0 Å². The Balaban J connectivity index is 3.62. The van der Waals surface area contributed by atoms with Crippen LogP contribution in [0.15, 0.2) is 51.8 Å². The Bertz CT molecular complexity index is 737. The van der Waals surface area contributed by atoms with Crippen LogP contribution in [-0.4, -0.2) is 13.3 Å². The van der Waals surface area contributed by atoms with Gasteiger partial charge in [0.05, 0.1) is 18.5 Å². The monoisotopic (exact) mass is 354 g/mol. The Morgan fingerprint density at radius 3 is 2.42 bits per heavy atom. The van der Waals surface area contributed by atoms with Crippen LogP contribution in [0.2, 0.25) is 0 Å². The molecule has 1 N–H and O–H groups in total. The second kappa shape index (κ2) is 10.6. The second-order valence-corrected chi connectivity index (χ2v) is 6.45. The summed E-state index contributed by atoms with van der Waals surface area (Å²) in [6.07, 6.45) is 8.02. The zero-order chi connectivity index (χ0) is 19.7. The van der Waals surface area contributed by atoms with Crippen LogP contribution in [-0.2, 0) is 0 Å². The van der Waals surface area contributed by atoms with E-state index in [0.717, 1.165) is 41.2 Å². The third kappa shape index (κ3) is 5.35. The molecule has 0 spiro atoms. The van der Waals surface area contributed by atoms with Crippen LogP contribution in [0.3, 0.4) is 0 Å². The molecule has 0 bridgehead atoms. The van der Waals surface area contributed by atoms with Crippen LogP contribution in [0.4, 0.5) is 5.69 Å². The number of hydrogen-bond acceptors (Lipinski definition) is 3. The molecule has 0 fully saturated rings. The van der Waals surface area contributed by atoms with Crippen LogP contribution in [0, 0.1) is 13.8 Å². The van der Waals surface area contributed by atoms with Gasteiger partial charge in [-0.1, -0.05) is 31.6 Å². The number of hydrogen-bond donors (Lipinski definition) is 1. The van der Waals surface area contributed by atoms with Crippen molar-refractivity contribution in [3.8, 4) is 5.75 Å². The van der Waals surface area contributed by atoms with E-state index in [4.69, 9.17) is 9.73 Å². The fourth-order valence-electron chi connectivity index (χ4n) is 2.74. The van der Waals surface area contributed by atoms with Crippen molar-refractivity contribution in [1.29, 1.82) is 0 Å². The number of nitrogens with one attached hydrogen (secondary N) is 1. The molecule has 3 heteroatoms. The largest absolute Gasteiger partial charge is 0.496 e. The van der Waals surface area contributed by atoms with Crippen molar-refractivity contribution >= 4 is 11.9 Å². The van der Waals surface area contributed by atoms with Crippen molar-refractivity contribution in [3.63, 3.8) is 0 Å². The highest BCUT2D eigenvalue weighted by Crippen LogP contribution is 2.32. The van der Waals surface area contributed by atoms with Crippen molar-refractivity contribution in [2.75, 3.05) is 12.4 Å². The van der Waals surface area contributed by atoms with Gasteiger partial charge in [0.25, 0.3) is 0 Å². The van der Waals surface area contributed by atoms with Gasteiger partial charge in [0, 0.05) is 17.5 Å². The SMILES string of the molecule is C/C=C\C(Nc1c(C)ccc(OC)c1C)=C(\N=CCC)C(C)=C(C)CC. The second-order valence-electron chi connectivity index (χ2n) is 6.45. The van der Waals surface area contributed by atoms with Crippen LogP contribution < -0.4 is 10.1 Å². The molecule has 0 heterocycles. The predicted molar refractivity (Wildman–Crippen MR) is 115 cm³/mol. The number of ether oxygens (including phenoxy) is 1. The summed E-state index contributed by atoms with van der Waals surface area (Å²) in [4.78, 5) is 4.78. The van der Waals surface area contributed by atoms with E-state index in [1.165, 1.54) is 16.7 Å². The Hall–Kier alpha value is -2.29. The molecule has 1 rings (SSSR count). The molecular formula is C23H34N2O. The first-order chi connectivity index (χ1) is 12.4. The molecule has 0 aliphatic heterocycles. The summed E-state index contributed by atoms with van der Waals surface area (Å²) >= 11 is 0. The summed E-state index contributed by atoms with van der Waals surface area (Å²) in [6, 6.07) is 4.09. The lowest BCUT2D eigenvalue weighted by molar-refractivity contribution is 0.412. The van der Waals surface area contributed by atoms with E-state index in [0.29, 0.717) is 0 Å². The van der Waals surface area contributed by atoms with Crippen molar-refractivity contribution < 1.29 is 4.74 Å². The normalized spacial score (nSPS) is 13.8. The Kier molecular flexibility index (Phi) is 8.91. The minimum absolute atomic E-state index is 0.883. The minimum atomic E-state index is 0.883. The quantitative estimate of drug-likeness (QED) is 0.414. The summed E-state index contributed by atoms with van der Waals surface area (Å²) in [6.45, 7) is 14.8. The molecule has 0 radical (unpaired) electrons. The van der Waals surface area contributed by atoms with Gasteiger partial charge < -0.3 is 10.1 Å². The number of methoxy groups -OCH3 is 1. The standard InChI is InChI=1S/C23H34N2O/c1-9-12-20(23(24-15-10-2)18(6)16(4)11-3)25-22-17(5)13-14-21(26-8)19(22)7/h9,12-15,25H,10-11H2,1-8H3/b12-9-,18-16?,23-20-,24-15?. The van der Waals surface area contributed by atoms with Crippen molar-refractivity contribution in [2.45, 2.75) is 61.3 Å². The van der Waals surface area contributed by atoms with Gasteiger partial charge in [-0.25, -0.2) is 0 Å². The maximum atomic E-state index is 5.50. The average Bonchev–Trinajstić information content (AvgIpc) is 2.64. The van der Waals surface area contributed by atoms with E-state index in [2.05, 4.69) is 59.0 Å². The molecule has 0 saturated carbocycles. The highest BCUT2D eigenvalue weighted by molar-refractivity contribution is 5.68. The number of nitrogens with zero attached hydrogens (tertiary/aromatic N) is 1. The molecular weight excluding hydrogens is 320 g/mol. The van der Waals surface area contributed by atoms with Crippen LogP contribution >= 0.6 is 0 Å². The summed E-state index contributed by atoms with van der Waals surface area (Å²) in [7, 11) is 1.71. The van der Waals surface area contributed by atoms with Crippen molar-refractivity contribution in [2.24, 2.45) is 4.99 Å². The van der Waals surface area contributed by atoms with Gasteiger partial charge in [-0.3, -0.25) is 4.99 Å². The van der Waals surface area contributed by atoms with Crippen LogP contribution in [0.1, 0.15) is 58.6 Å². The molecule has 0 unspecified atom stereocenters. The number of rotatable bonds is 8. The number of aliphatic imine (C=N–C) groups is 1. The predicted octanol–water partition coefficient (Wildman–Crippen LogP) is 6.74. The first-order valence-corrected chi connectivity index (χ1v) is 9.38. The highest BCUT2D eigenvalue weighted by Gasteiger charge is 2.13. The van der Waals surface area contributed by atoms with Gasteiger partial charge in [0.2, 0.25) is 0 Å². The first-order valence-electron chi connectivity index (χ1n) is 9.38. The van der Waals surface area contributed by atoms with Gasteiger partial charge in [-0.05, 0) is 70.7 Å². The number of allylic oxidation sites excluding steroid dienone is 4. The molecule has 142 valence electrons. The lowest BCUT2D eigenvalue weighted by atomic mass is 10.0. The summed E-state index contributed by atoms with van der Waals surface area (Å²) < 4.78 is 5.50. The Morgan fingerprint density at radius 1 is 1.19 bits per heavy atom. The maximum Gasteiger partial charge on any atom is 0.123 e. The smallest absolute Gasteiger partial charge is 0.123 e. The third-order valence-corrected chi connectivity index (χ3v) is 4.62. The maximum absolute atomic E-state index is 5.50. The molecule has 1 aromatic carbocycles. The molecule has 1 aromatic rings. The molecule has 0 aliphatic rings. The summed E-state index contributed by atoms with van der Waals surface area (Å²) in [5, 5.41) is 3.62. The molecule has 3 nitrogen and oxygen atoms in total. The number of aryl methyl sites for hydroxylation is 1. The molecule has 0 saturated heterocycles. The molecule has 26 heavy (non-hydrogen) atoms. The van der Waals surface area contributed by atoms with E-state index in [1.54, 1.807) is 7.11 Å². The fraction of sp³-hybridized carbons (Fsp3) is 0.435. The van der Waals surface area contributed by atoms with Gasteiger partial charge in [0.15, 0.2) is 0 Å². The summed E-state index contributed by atoms with van der Waals surface area (Å²) in [5.74, 6) is 0.883. The molecule has 0 aromatic heterocycles.